The van der Waals surface area contributed by atoms with Crippen LogP contribution < -0.4 is 4.74 Å². The molecule has 3 aromatic carbocycles. The minimum Gasteiger partial charge on any atom is -0.497 e. The van der Waals surface area contributed by atoms with Gasteiger partial charge in [0.1, 0.15) is 11.6 Å². The van der Waals surface area contributed by atoms with Crippen molar-refractivity contribution in [2.24, 2.45) is 0 Å². The lowest BCUT2D eigenvalue weighted by Gasteiger charge is -2.41. The summed E-state index contributed by atoms with van der Waals surface area (Å²) in [6.45, 7) is 8.26. The number of carbonyl (C=O) groups is 2. The van der Waals surface area contributed by atoms with Crippen LogP contribution in [0.2, 0.25) is 0 Å². The highest BCUT2D eigenvalue weighted by molar-refractivity contribution is 5.83. The fourth-order valence-electron chi connectivity index (χ4n) is 6.79. The highest BCUT2D eigenvalue weighted by Gasteiger charge is 2.37. The van der Waals surface area contributed by atoms with Gasteiger partial charge in [0.15, 0.2) is 0 Å². The molecule has 1 aliphatic heterocycles. The Labute approximate surface area is 265 Å². The molecule has 1 saturated heterocycles. The van der Waals surface area contributed by atoms with Crippen molar-refractivity contribution >= 4 is 33.8 Å². The van der Waals surface area contributed by atoms with Crippen LogP contribution in [0.3, 0.4) is 0 Å². The lowest BCUT2D eigenvalue weighted by atomic mass is 9.93. The number of hydrogen-bond donors (Lipinski definition) is 1. The molecule has 0 unspecified atom stereocenters. The molecule has 0 spiro atoms. The molecule has 9 nitrogen and oxygen atoms in total. The van der Waals surface area contributed by atoms with Crippen molar-refractivity contribution in [3.05, 3.63) is 72.1 Å². The Hall–Kier alpha value is -4.11. The Morgan fingerprint density at radius 2 is 1.84 bits per heavy atom. The molecule has 240 valence electrons. The number of rotatable bonds is 11. The fourth-order valence-corrected chi connectivity index (χ4v) is 6.79. The average Bonchev–Trinajstić information content (AvgIpc) is 3.38. The predicted octanol–water partition coefficient (Wildman–Crippen LogP) is 6.72. The number of hydrogen-bond acceptors (Lipinski definition) is 5. The molecule has 4 aromatic rings. The van der Waals surface area contributed by atoms with Gasteiger partial charge in [-0.05, 0) is 74.9 Å². The van der Waals surface area contributed by atoms with Gasteiger partial charge in [0.05, 0.1) is 18.1 Å². The first-order valence-corrected chi connectivity index (χ1v) is 15.9. The normalized spacial score (nSPS) is 16.2. The van der Waals surface area contributed by atoms with Crippen LogP contribution in [0, 0.1) is 0 Å². The van der Waals surface area contributed by atoms with Crippen molar-refractivity contribution in [2.75, 3.05) is 33.9 Å². The molecule has 1 fully saturated rings. The van der Waals surface area contributed by atoms with E-state index in [9.17, 15) is 14.7 Å². The van der Waals surface area contributed by atoms with E-state index in [4.69, 9.17) is 14.5 Å². The van der Waals surface area contributed by atoms with Gasteiger partial charge < -0.3 is 24.0 Å². The third kappa shape index (κ3) is 7.41. The van der Waals surface area contributed by atoms with Crippen molar-refractivity contribution in [2.45, 2.75) is 76.9 Å². The maximum atomic E-state index is 14.0. The second-order valence-electron chi connectivity index (χ2n) is 13.1. The number of benzene rings is 3. The van der Waals surface area contributed by atoms with Gasteiger partial charge in [0.25, 0.3) is 0 Å². The van der Waals surface area contributed by atoms with E-state index in [0.717, 1.165) is 64.8 Å². The maximum absolute atomic E-state index is 14.0. The summed E-state index contributed by atoms with van der Waals surface area (Å²) < 4.78 is 13.1. The zero-order valence-electron chi connectivity index (χ0n) is 27.2. The number of likely N-dealkylation sites (tertiary alicyclic amines) is 1. The zero-order valence-corrected chi connectivity index (χ0v) is 27.2. The summed E-state index contributed by atoms with van der Waals surface area (Å²) in [7, 11) is 3.37. The number of piperidine rings is 1. The van der Waals surface area contributed by atoms with E-state index in [1.54, 1.807) is 14.2 Å². The third-order valence-corrected chi connectivity index (χ3v) is 8.84. The van der Waals surface area contributed by atoms with Gasteiger partial charge in [-0.2, -0.15) is 0 Å². The summed E-state index contributed by atoms with van der Waals surface area (Å²) in [5.74, 6) is 1.80. The van der Waals surface area contributed by atoms with Crippen molar-refractivity contribution in [1.82, 2.24) is 19.4 Å². The number of aromatic nitrogens is 2. The second-order valence-corrected chi connectivity index (χ2v) is 13.1. The number of imidazole rings is 1. The van der Waals surface area contributed by atoms with Crippen LogP contribution in [0.5, 0.6) is 5.75 Å². The monoisotopic (exact) mass is 614 g/mol. The molecule has 0 bridgehead atoms. The SMILES string of the molecule is COCCCn1c([C@@H]2CCCN(C(=O)C[C@@H](Cc3ccc4ccccc4c3)N(C(=O)O)C(C)(C)C)C2)nc2ccc(OC)cc21. The molecular formula is C36H46N4O5. The summed E-state index contributed by atoms with van der Waals surface area (Å²) in [4.78, 5) is 35.1. The van der Waals surface area contributed by atoms with Crippen LogP contribution in [-0.4, -0.2) is 82.0 Å². The van der Waals surface area contributed by atoms with Crippen LogP contribution in [0.15, 0.2) is 60.7 Å². The van der Waals surface area contributed by atoms with Crippen molar-refractivity contribution < 1.29 is 24.2 Å². The molecule has 1 aliphatic rings. The highest BCUT2D eigenvalue weighted by atomic mass is 16.5. The van der Waals surface area contributed by atoms with Crippen LogP contribution in [-0.2, 0) is 22.5 Å². The topological polar surface area (TPSA) is 97.1 Å². The van der Waals surface area contributed by atoms with Gasteiger partial charge in [-0.15, -0.1) is 0 Å². The second kappa shape index (κ2) is 13.9. The number of amides is 2. The standard InChI is InChI=1S/C36H46N4O5/c1-36(2,3)40(35(42)43)29(21-25-13-14-26-10-6-7-11-27(26)20-25)22-33(41)38-17-8-12-28(24-38)34-37-31-16-15-30(45-5)23-32(31)39(34)18-9-19-44-4/h6-7,10-11,13-16,20,23,28-29H,8-9,12,17-19,21-22,24H2,1-5H3,(H,42,43)/t28-,29-/m1/s1. The van der Waals surface area contributed by atoms with Crippen molar-refractivity contribution in [3.8, 4) is 5.75 Å². The molecule has 9 heteroatoms. The molecule has 5 rings (SSSR count). The van der Waals surface area contributed by atoms with E-state index >= 15 is 0 Å². The van der Waals surface area contributed by atoms with Gasteiger partial charge in [-0.25, -0.2) is 9.78 Å². The molecule has 0 aliphatic carbocycles. The summed E-state index contributed by atoms with van der Waals surface area (Å²) in [6.07, 6.45) is 2.18. The van der Waals surface area contributed by atoms with E-state index < -0.39 is 17.7 Å². The predicted molar refractivity (Wildman–Crippen MR) is 177 cm³/mol. The van der Waals surface area contributed by atoms with E-state index in [1.807, 2.05) is 62.1 Å². The van der Waals surface area contributed by atoms with Crippen LogP contribution in [0.25, 0.3) is 21.8 Å². The summed E-state index contributed by atoms with van der Waals surface area (Å²) >= 11 is 0. The minimum absolute atomic E-state index is 0.0234. The third-order valence-electron chi connectivity index (χ3n) is 8.84. The summed E-state index contributed by atoms with van der Waals surface area (Å²) in [5.41, 5.74) is 2.26. The number of fused-ring (bicyclic) bond motifs is 2. The average molecular weight is 615 g/mol. The Kier molecular flexibility index (Phi) is 9.97. The number of carboxylic acid groups (broad SMARTS) is 1. The number of methoxy groups -OCH3 is 2. The maximum Gasteiger partial charge on any atom is 0.408 e. The van der Waals surface area contributed by atoms with Gasteiger partial charge in [-0.3, -0.25) is 9.69 Å². The lowest BCUT2D eigenvalue weighted by molar-refractivity contribution is -0.134. The molecule has 0 saturated carbocycles. The van der Waals surface area contributed by atoms with Crippen LogP contribution in [0.4, 0.5) is 4.79 Å². The summed E-state index contributed by atoms with van der Waals surface area (Å²) in [5, 5.41) is 12.6. The van der Waals surface area contributed by atoms with Gasteiger partial charge in [0.2, 0.25) is 5.91 Å². The minimum atomic E-state index is -1.02. The molecule has 2 heterocycles. The largest absolute Gasteiger partial charge is 0.497 e. The summed E-state index contributed by atoms with van der Waals surface area (Å²) in [6, 6.07) is 19.8. The van der Waals surface area contributed by atoms with E-state index in [2.05, 4.69) is 28.8 Å². The quantitative estimate of drug-likeness (QED) is 0.188. The molecule has 1 N–H and O–H groups in total. The highest BCUT2D eigenvalue weighted by Crippen LogP contribution is 2.32. The van der Waals surface area contributed by atoms with E-state index in [-0.39, 0.29) is 18.2 Å². The fraction of sp³-hybridized carbons (Fsp3) is 0.472. The Morgan fingerprint density at radius 1 is 1.07 bits per heavy atom. The Balaban J connectivity index is 1.40. The van der Waals surface area contributed by atoms with Crippen LogP contribution in [0.1, 0.15) is 63.8 Å². The number of ether oxygens (including phenoxy) is 2. The molecule has 2 atom stereocenters. The lowest BCUT2D eigenvalue weighted by Crippen LogP contribution is -2.54. The van der Waals surface area contributed by atoms with Crippen molar-refractivity contribution in [1.29, 1.82) is 0 Å². The molecular weight excluding hydrogens is 568 g/mol. The first-order valence-electron chi connectivity index (χ1n) is 15.9. The van der Waals surface area contributed by atoms with Crippen molar-refractivity contribution in [3.63, 3.8) is 0 Å². The number of nitrogens with zero attached hydrogens (tertiary/aromatic N) is 4. The number of aryl methyl sites for hydroxylation is 1. The Bertz CT molecular complexity index is 1640. The van der Waals surface area contributed by atoms with E-state index in [1.165, 1.54) is 4.90 Å². The van der Waals surface area contributed by atoms with E-state index in [0.29, 0.717) is 26.1 Å². The first-order chi connectivity index (χ1) is 21.6. The molecule has 0 radical (unpaired) electrons. The van der Waals surface area contributed by atoms with Gasteiger partial charge in [-0.1, -0.05) is 42.5 Å². The Morgan fingerprint density at radius 3 is 2.56 bits per heavy atom. The molecule has 1 aromatic heterocycles. The number of carbonyl (C=O) groups excluding carboxylic acids is 1. The smallest absolute Gasteiger partial charge is 0.408 e. The van der Waals surface area contributed by atoms with Gasteiger partial charge >= 0.3 is 6.09 Å². The zero-order chi connectivity index (χ0) is 32.1. The van der Waals surface area contributed by atoms with Crippen LogP contribution >= 0.6 is 0 Å². The van der Waals surface area contributed by atoms with Gasteiger partial charge in [0, 0.05) is 63.3 Å². The molecule has 2 amide bonds. The first kappa shape index (κ1) is 32.3. The molecule has 45 heavy (non-hydrogen) atoms.